The molecule has 0 aromatic heterocycles. The van der Waals surface area contributed by atoms with Crippen molar-refractivity contribution in [2.24, 2.45) is 0 Å². The number of hydrogen-bond donors (Lipinski definition) is 1. The number of ether oxygens (including phenoxy) is 1. The van der Waals surface area contributed by atoms with E-state index in [2.05, 4.69) is 5.32 Å². The molecule has 0 saturated carbocycles. The van der Waals surface area contributed by atoms with Crippen molar-refractivity contribution >= 4 is 50.5 Å². The molecule has 0 fully saturated rings. The van der Waals surface area contributed by atoms with Crippen molar-refractivity contribution in [2.45, 2.75) is 18.4 Å². The number of carbonyl (C=O) groups excluding carboxylic acids is 1. The summed E-state index contributed by atoms with van der Waals surface area (Å²) >= 11 is 12.2. The van der Waals surface area contributed by atoms with E-state index < -0.39 is 27.4 Å². The van der Waals surface area contributed by atoms with Crippen LogP contribution in [0, 0.1) is 17.0 Å². The summed E-state index contributed by atoms with van der Waals surface area (Å²) in [5.74, 6) is -0.504. The molecule has 0 aliphatic heterocycles. The minimum atomic E-state index is -4.46. The number of methoxy groups -OCH3 is 1. The van der Waals surface area contributed by atoms with Crippen LogP contribution < -0.4 is 14.4 Å². The van der Waals surface area contributed by atoms with Gasteiger partial charge < -0.3 is 10.1 Å². The number of halogens is 2. The second-order valence-electron chi connectivity index (χ2n) is 7.40. The predicted molar refractivity (Wildman–Crippen MR) is 134 cm³/mol. The SMILES string of the molecule is COc1ccc(Cl)cc1N(CC(=O)NCc1ccccc1Cl)S(=O)(=O)c1ccc(C)c([N+](=O)[O-])c1. The van der Waals surface area contributed by atoms with Crippen molar-refractivity contribution in [2.75, 3.05) is 18.0 Å². The molecule has 0 radical (unpaired) electrons. The average molecular weight is 538 g/mol. The Kier molecular flexibility index (Phi) is 8.21. The number of amides is 1. The second-order valence-corrected chi connectivity index (χ2v) is 10.1. The molecule has 9 nitrogen and oxygen atoms in total. The van der Waals surface area contributed by atoms with Crippen LogP contribution in [0.15, 0.2) is 65.6 Å². The molecule has 0 spiro atoms. The summed E-state index contributed by atoms with van der Waals surface area (Å²) in [5, 5.41) is 14.7. The van der Waals surface area contributed by atoms with Crippen LogP contribution in [-0.4, -0.2) is 32.9 Å². The maximum absolute atomic E-state index is 13.7. The van der Waals surface area contributed by atoms with E-state index in [1.54, 1.807) is 24.3 Å². The van der Waals surface area contributed by atoms with Gasteiger partial charge in [-0.05, 0) is 42.8 Å². The lowest BCUT2D eigenvalue weighted by atomic mass is 10.2. The molecule has 12 heteroatoms. The number of anilines is 1. The zero-order valence-corrected chi connectivity index (χ0v) is 21.0. The molecule has 0 heterocycles. The highest BCUT2D eigenvalue weighted by Crippen LogP contribution is 2.35. The van der Waals surface area contributed by atoms with E-state index in [9.17, 15) is 23.3 Å². The number of rotatable bonds is 9. The van der Waals surface area contributed by atoms with Gasteiger partial charge in [-0.3, -0.25) is 19.2 Å². The predicted octanol–water partition coefficient (Wildman–Crippen LogP) is 4.73. The number of nitro benzene ring substituents is 1. The molecule has 0 aliphatic rings. The first-order chi connectivity index (χ1) is 16.5. The first-order valence-electron chi connectivity index (χ1n) is 10.2. The average Bonchev–Trinajstić information content (AvgIpc) is 2.81. The quantitative estimate of drug-likeness (QED) is 0.311. The lowest BCUT2D eigenvalue weighted by Gasteiger charge is -2.26. The van der Waals surface area contributed by atoms with Crippen LogP contribution in [0.1, 0.15) is 11.1 Å². The fourth-order valence-corrected chi connectivity index (χ4v) is 5.07. The van der Waals surface area contributed by atoms with Crippen LogP contribution in [0.4, 0.5) is 11.4 Å². The Hall–Kier alpha value is -3.34. The van der Waals surface area contributed by atoms with Gasteiger partial charge in [0.1, 0.15) is 12.3 Å². The molecular weight excluding hydrogens is 517 g/mol. The maximum atomic E-state index is 13.7. The standard InChI is InChI=1S/C23H21Cl2N3O6S/c1-15-7-9-18(12-20(15)28(30)31)35(32,33)27(21-11-17(24)8-10-22(21)34-2)14-23(29)26-13-16-5-3-4-6-19(16)25/h3-12H,13-14H2,1-2H3,(H,26,29). The molecule has 3 aromatic rings. The highest BCUT2D eigenvalue weighted by Gasteiger charge is 2.31. The van der Waals surface area contributed by atoms with Crippen LogP contribution >= 0.6 is 23.2 Å². The monoisotopic (exact) mass is 537 g/mol. The maximum Gasteiger partial charge on any atom is 0.273 e. The molecule has 1 amide bonds. The van der Waals surface area contributed by atoms with Gasteiger partial charge in [-0.2, -0.15) is 0 Å². The van der Waals surface area contributed by atoms with Crippen LogP contribution in [0.25, 0.3) is 0 Å². The zero-order chi connectivity index (χ0) is 25.8. The smallest absolute Gasteiger partial charge is 0.273 e. The van der Waals surface area contributed by atoms with E-state index in [1.807, 2.05) is 0 Å². The number of benzene rings is 3. The van der Waals surface area contributed by atoms with E-state index in [-0.39, 0.29) is 33.6 Å². The molecule has 0 bridgehead atoms. The summed E-state index contributed by atoms with van der Waals surface area (Å²) in [6, 6.07) is 14.7. The van der Waals surface area contributed by atoms with Gasteiger partial charge in [0.2, 0.25) is 5.91 Å². The molecule has 3 aromatic carbocycles. The first kappa shape index (κ1) is 26.3. The Bertz CT molecular complexity index is 1380. The minimum absolute atomic E-state index is 0.00359. The fraction of sp³-hybridized carbons (Fsp3) is 0.174. The molecular formula is C23H21Cl2N3O6S. The van der Waals surface area contributed by atoms with Crippen molar-refractivity contribution in [1.82, 2.24) is 5.32 Å². The molecule has 0 unspecified atom stereocenters. The minimum Gasteiger partial charge on any atom is -0.495 e. The van der Waals surface area contributed by atoms with Gasteiger partial charge in [0.05, 0.1) is 22.6 Å². The van der Waals surface area contributed by atoms with E-state index in [1.165, 1.54) is 44.4 Å². The molecule has 1 N–H and O–H groups in total. The number of nitro groups is 1. The summed E-state index contributed by atoms with van der Waals surface area (Å²) in [6.07, 6.45) is 0. The molecule has 0 saturated heterocycles. The number of sulfonamides is 1. The molecule has 0 aliphatic carbocycles. The van der Waals surface area contributed by atoms with Gasteiger partial charge in [-0.1, -0.05) is 47.5 Å². The summed E-state index contributed by atoms with van der Waals surface area (Å²) in [7, 11) is -3.12. The van der Waals surface area contributed by atoms with Gasteiger partial charge in [0.15, 0.2) is 0 Å². The third kappa shape index (κ3) is 6.02. The first-order valence-corrected chi connectivity index (χ1v) is 12.4. The fourth-order valence-electron chi connectivity index (χ4n) is 3.25. The van der Waals surface area contributed by atoms with Crippen molar-refractivity contribution in [1.29, 1.82) is 0 Å². The Morgan fingerprint density at radius 2 is 1.83 bits per heavy atom. The number of nitrogens with zero attached hydrogens (tertiary/aromatic N) is 2. The normalized spacial score (nSPS) is 11.1. The van der Waals surface area contributed by atoms with Crippen LogP contribution in [0.5, 0.6) is 5.75 Å². The summed E-state index contributed by atoms with van der Waals surface area (Å²) in [6.45, 7) is 0.911. The van der Waals surface area contributed by atoms with Crippen molar-refractivity contribution in [3.05, 3.63) is 92.0 Å². The van der Waals surface area contributed by atoms with Crippen molar-refractivity contribution < 1.29 is 22.9 Å². The third-order valence-corrected chi connectivity index (χ3v) is 7.46. The number of hydrogen-bond acceptors (Lipinski definition) is 6. The third-order valence-electron chi connectivity index (χ3n) is 5.10. The topological polar surface area (TPSA) is 119 Å². The van der Waals surface area contributed by atoms with Crippen molar-refractivity contribution in [3.8, 4) is 5.75 Å². The lowest BCUT2D eigenvalue weighted by molar-refractivity contribution is -0.385. The number of carbonyl (C=O) groups is 1. The Balaban J connectivity index is 2.03. The molecule has 0 atom stereocenters. The van der Waals surface area contributed by atoms with E-state index >= 15 is 0 Å². The Labute approximate surface area is 212 Å². The van der Waals surface area contributed by atoms with E-state index in [0.29, 0.717) is 16.1 Å². The number of aryl methyl sites for hydroxylation is 1. The van der Waals surface area contributed by atoms with Gasteiger partial charge in [0.25, 0.3) is 15.7 Å². The summed E-state index contributed by atoms with van der Waals surface area (Å²) in [4.78, 5) is 23.2. The Morgan fingerprint density at radius 1 is 1.11 bits per heavy atom. The number of nitrogens with one attached hydrogen (secondary N) is 1. The van der Waals surface area contributed by atoms with Gasteiger partial charge in [0, 0.05) is 28.2 Å². The van der Waals surface area contributed by atoms with Gasteiger partial charge in [-0.15, -0.1) is 0 Å². The largest absolute Gasteiger partial charge is 0.495 e. The summed E-state index contributed by atoms with van der Waals surface area (Å²) in [5.41, 5.74) is 0.563. The van der Waals surface area contributed by atoms with Crippen molar-refractivity contribution in [3.63, 3.8) is 0 Å². The van der Waals surface area contributed by atoms with Crippen LogP contribution in [-0.2, 0) is 21.4 Å². The molecule has 184 valence electrons. The van der Waals surface area contributed by atoms with E-state index in [4.69, 9.17) is 27.9 Å². The van der Waals surface area contributed by atoms with Crippen LogP contribution in [0.2, 0.25) is 10.0 Å². The summed E-state index contributed by atoms with van der Waals surface area (Å²) < 4.78 is 33.4. The highest BCUT2D eigenvalue weighted by atomic mass is 35.5. The molecule has 35 heavy (non-hydrogen) atoms. The zero-order valence-electron chi connectivity index (χ0n) is 18.7. The highest BCUT2D eigenvalue weighted by molar-refractivity contribution is 7.92. The second kappa shape index (κ2) is 10.9. The molecule has 3 rings (SSSR count). The van der Waals surface area contributed by atoms with E-state index in [0.717, 1.165) is 10.4 Å². The van der Waals surface area contributed by atoms with Gasteiger partial charge in [-0.25, -0.2) is 8.42 Å². The Morgan fingerprint density at radius 3 is 2.49 bits per heavy atom. The van der Waals surface area contributed by atoms with Gasteiger partial charge >= 0.3 is 0 Å². The lowest BCUT2D eigenvalue weighted by Crippen LogP contribution is -2.41. The van der Waals surface area contributed by atoms with Crippen LogP contribution in [0.3, 0.4) is 0 Å².